The molecule has 0 amide bonds. The van der Waals surface area contributed by atoms with Gasteiger partial charge in [-0.2, -0.15) is 0 Å². The minimum atomic E-state index is -3.41. The molecule has 24 heavy (non-hydrogen) atoms. The van der Waals surface area contributed by atoms with E-state index in [0.717, 1.165) is 10.8 Å². The van der Waals surface area contributed by atoms with Crippen molar-refractivity contribution in [3.63, 3.8) is 0 Å². The van der Waals surface area contributed by atoms with Gasteiger partial charge < -0.3 is 9.31 Å². The van der Waals surface area contributed by atoms with Gasteiger partial charge in [0.2, 0.25) is 10.0 Å². The highest BCUT2D eigenvalue weighted by atomic mass is 32.2. The third-order valence-corrected chi connectivity index (χ3v) is 7.17. The number of hydrogen-bond donors (Lipinski definition) is 0. The molecule has 0 N–H and O–H groups in total. The summed E-state index contributed by atoms with van der Waals surface area (Å²) >= 11 is 0. The standard InChI is InChI=1S/C17H24BNO4S/c1-12(2)24(20,21)19-11-10-13-14(8-7-9-15(13)19)18-22-16(3,4)17(5,6)23-18/h7-12H,1-6H3. The van der Waals surface area contributed by atoms with Crippen LogP contribution in [0.3, 0.4) is 0 Å². The summed E-state index contributed by atoms with van der Waals surface area (Å²) < 4.78 is 38.7. The molecule has 0 aliphatic carbocycles. The van der Waals surface area contributed by atoms with Crippen molar-refractivity contribution in [2.75, 3.05) is 0 Å². The number of benzene rings is 1. The molecule has 0 bridgehead atoms. The molecule has 0 radical (unpaired) electrons. The first-order valence-electron chi connectivity index (χ1n) is 8.17. The van der Waals surface area contributed by atoms with Gasteiger partial charge in [0.1, 0.15) is 0 Å². The SMILES string of the molecule is CC(C)S(=O)(=O)n1ccc2c(B3OC(C)(C)C(C)(C)O3)cccc21. The van der Waals surface area contributed by atoms with Crippen molar-refractivity contribution >= 4 is 33.5 Å². The Morgan fingerprint density at radius 3 is 2.17 bits per heavy atom. The minimum Gasteiger partial charge on any atom is -0.399 e. The first-order valence-corrected chi connectivity index (χ1v) is 9.68. The van der Waals surface area contributed by atoms with Crippen LogP contribution in [-0.4, -0.2) is 36.0 Å². The Morgan fingerprint density at radius 2 is 1.62 bits per heavy atom. The maximum atomic E-state index is 12.5. The largest absolute Gasteiger partial charge is 0.495 e. The lowest BCUT2D eigenvalue weighted by atomic mass is 9.77. The van der Waals surface area contributed by atoms with Gasteiger partial charge in [-0.1, -0.05) is 12.1 Å². The van der Waals surface area contributed by atoms with E-state index in [1.54, 1.807) is 20.0 Å². The van der Waals surface area contributed by atoms with Crippen molar-refractivity contribution < 1.29 is 17.7 Å². The summed E-state index contributed by atoms with van der Waals surface area (Å²) in [6, 6.07) is 7.39. The van der Waals surface area contributed by atoms with Gasteiger partial charge in [0, 0.05) is 11.6 Å². The summed E-state index contributed by atoms with van der Waals surface area (Å²) in [4.78, 5) is 0. The third-order valence-electron chi connectivity index (χ3n) is 5.11. The van der Waals surface area contributed by atoms with Gasteiger partial charge in [-0.15, -0.1) is 0 Å². The maximum absolute atomic E-state index is 12.5. The van der Waals surface area contributed by atoms with E-state index in [-0.39, 0.29) is 0 Å². The molecule has 0 atom stereocenters. The van der Waals surface area contributed by atoms with E-state index in [4.69, 9.17) is 9.31 Å². The Morgan fingerprint density at radius 1 is 1.04 bits per heavy atom. The van der Waals surface area contributed by atoms with Crippen LogP contribution >= 0.6 is 0 Å². The fourth-order valence-electron chi connectivity index (χ4n) is 2.79. The number of aromatic nitrogens is 1. The fraction of sp³-hybridized carbons (Fsp3) is 0.529. The summed E-state index contributed by atoms with van der Waals surface area (Å²) in [5.74, 6) is 0. The Kier molecular flexibility index (Phi) is 3.90. The van der Waals surface area contributed by atoms with Crippen molar-refractivity contribution in [2.45, 2.75) is 58.0 Å². The normalized spacial score (nSPS) is 20.2. The molecule has 2 heterocycles. The molecule has 1 fully saturated rings. The highest BCUT2D eigenvalue weighted by Gasteiger charge is 2.52. The second-order valence-corrected chi connectivity index (χ2v) is 9.94. The van der Waals surface area contributed by atoms with Crippen molar-refractivity contribution in [1.29, 1.82) is 0 Å². The van der Waals surface area contributed by atoms with Gasteiger partial charge >= 0.3 is 7.12 Å². The molecule has 0 saturated carbocycles. The average Bonchev–Trinajstić information content (AvgIpc) is 2.97. The molecule has 1 aromatic heterocycles. The van der Waals surface area contributed by atoms with Crippen molar-refractivity contribution in [3.05, 3.63) is 30.5 Å². The fourth-order valence-corrected chi connectivity index (χ4v) is 3.91. The maximum Gasteiger partial charge on any atom is 0.495 e. The van der Waals surface area contributed by atoms with E-state index >= 15 is 0 Å². The molecule has 3 rings (SSSR count). The molecule has 1 saturated heterocycles. The number of rotatable bonds is 3. The van der Waals surface area contributed by atoms with E-state index in [1.807, 2.05) is 52.0 Å². The molecule has 7 heteroatoms. The zero-order valence-electron chi connectivity index (χ0n) is 15.0. The molecular formula is C17H24BNO4S. The summed E-state index contributed by atoms with van der Waals surface area (Å²) in [6.45, 7) is 11.4. The van der Waals surface area contributed by atoms with Gasteiger partial charge in [-0.05, 0) is 59.1 Å². The minimum absolute atomic E-state index is 0.438. The highest BCUT2D eigenvalue weighted by molar-refractivity contribution is 7.90. The van der Waals surface area contributed by atoms with Crippen molar-refractivity contribution in [2.24, 2.45) is 0 Å². The summed E-state index contributed by atoms with van der Waals surface area (Å²) in [7, 11) is -3.93. The van der Waals surface area contributed by atoms with Crippen LogP contribution in [0.2, 0.25) is 0 Å². The Balaban J connectivity index is 2.12. The van der Waals surface area contributed by atoms with Crippen LogP contribution in [0.25, 0.3) is 10.9 Å². The van der Waals surface area contributed by atoms with Crippen LogP contribution in [0, 0.1) is 0 Å². The first kappa shape index (κ1) is 17.5. The number of nitrogens with zero attached hydrogens (tertiary/aromatic N) is 1. The molecule has 1 aromatic carbocycles. The summed E-state index contributed by atoms with van der Waals surface area (Å²) in [6.07, 6.45) is 1.61. The van der Waals surface area contributed by atoms with Crippen LogP contribution in [0.4, 0.5) is 0 Å². The van der Waals surface area contributed by atoms with Crippen molar-refractivity contribution in [3.8, 4) is 0 Å². The molecule has 0 spiro atoms. The predicted octanol–water partition coefficient (Wildman–Crippen LogP) is 2.53. The second kappa shape index (κ2) is 5.34. The van der Waals surface area contributed by atoms with Crippen molar-refractivity contribution in [1.82, 2.24) is 3.97 Å². The average molecular weight is 349 g/mol. The van der Waals surface area contributed by atoms with Crippen LogP contribution < -0.4 is 5.46 Å². The molecule has 0 unspecified atom stereocenters. The zero-order chi connectivity index (χ0) is 17.9. The Hall–Kier alpha value is -1.31. The summed E-state index contributed by atoms with van der Waals surface area (Å²) in [5.41, 5.74) is 0.624. The predicted molar refractivity (Wildman–Crippen MR) is 97.1 cm³/mol. The topological polar surface area (TPSA) is 57.5 Å². The van der Waals surface area contributed by atoms with Crippen LogP contribution in [0.15, 0.2) is 30.5 Å². The van der Waals surface area contributed by atoms with Crippen LogP contribution in [0.1, 0.15) is 41.5 Å². The van der Waals surface area contributed by atoms with Crippen LogP contribution in [0.5, 0.6) is 0 Å². The second-order valence-electron chi connectivity index (χ2n) is 7.57. The third kappa shape index (κ3) is 2.50. The smallest absolute Gasteiger partial charge is 0.399 e. The quantitative estimate of drug-likeness (QED) is 0.799. The lowest BCUT2D eigenvalue weighted by Crippen LogP contribution is -2.41. The molecule has 1 aliphatic rings. The summed E-state index contributed by atoms with van der Waals surface area (Å²) in [5, 5.41) is 0.342. The van der Waals surface area contributed by atoms with E-state index < -0.39 is 33.6 Å². The van der Waals surface area contributed by atoms with E-state index in [2.05, 4.69) is 0 Å². The van der Waals surface area contributed by atoms with Crippen LogP contribution in [-0.2, 0) is 19.3 Å². The molecule has 5 nitrogen and oxygen atoms in total. The lowest BCUT2D eigenvalue weighted by molar-refractivity contribution is 0.00578. The first-order chi connectivity index (χ1) is 11.0. The van der Waals surface area contributed by atoms with Gasteiger partial charge in [0.05, 0.1) is 22.0 Å². The number of hydrogen-bond acceptors (Lipinski definition) is 4. The van der Waals surface area contributed by atoms with Gasteiger partial charge in [-0.3, -0.25) is 0 Å². The lowest BCUT2D eigenvalue weighted by Gasteiger charge is -2.32. The molecule has 1 aliphatic heterocycles. The van der Waals surface area contributed by atoms with E-state index in [0.29, 0.717) is 5.52 Å². The van der Waals surface area contributed by atoms with Gasteiger partial charge in [0.25, 0.3) is 0 Å². The highest BCUT2D eigenvalue weighted by Crippen LogP contribution is 2.37. The monoisotopic (exact) mass is 349 g/mol. The van der Waals surface area contributed by atoms with Gasteiger partial charge in [0.15, 0.2) is 0 Å². The van der Waals surface area contributed by atoms with E-state index in [1.165, 1.54) is 3.97 Å². The zero-order valence-corrected chi connectivity index (χ0v) is 15.8. The van der Waals surface area contributed by atoms with Gasteiger partial charge in [-0.25, -0.2) is 12.4 Å². The molecule has 2 aromatic rings. The molecular weight excluding hydrogens is 325 g/mol. The number of fused-ring (bicyclic) bond motifs is 1. The Labute approximate surface area is 144 Å². The van der Waals surface area contributed by atoms with E-state index in [9.17, 15) is 8.42 Å². The Bertz CT molecular complexity index is 867. The molecule has 130 valence electrons.